The molecule has 0 saturated heterocycles. The quantitative estimate of drug-likeness (QED) is 0.531. The van der Waals surface area contributed by atoms with Gasteiger partial charge in [0.1, 0.15) is 5.69 Å². The normalized spacial score (nSPS) is 11.4. The molecule has 0 saturated carbocycles. The van der Waals surface area contributed by atoms with Crippen LogP contribution in [0, 0.1) is 0 Å². The molecule has 5 nitrogen and oxygen atoms in total. The minimum atomic E-state index is -0.0169. The van der Waals surface area contributed by atoms with Crippen molar-refractivity contribution in [3.63, 3.8) is 0 Å². The Bertz CT molecular complexity index is 933. The predicted octanol–water partition coefficient (Wildman–Crippen LogP) is 2.51. The van der Waals surface area contributed by atoms with E-state index < -0.39 is 0 Å². The number of carbonyl (C=O) groups is 1. The van der Waals surface area contributed by atoms with Crippen LogP contribution >= 0.6 is 11.3 Å². The molecule has 0 fully saturated rings. The third kappa shape index (κ3) is 1.39. The number of hydrogen-bond acceptors (Lipinski definition) is 4. The molecule has 0 atom stereocenters. The molecule has 1 aromatic carbocycles. The van der Waals surface area contributed by atoms with Crippen LogP contribution in [0.3, 0.4) is 0 Å². The minimum absolute atomic E-state index is 0.0169. The Hall–Kier alpha value is -2.47. The molecular formula is C14H10N4OS. The van der Waals surface area contributed by atoms with Crippen LogP contribution in [0.2, 0.25) is 0 Å². The summed E-state index contributed by atoms with van der Waals surface area (Å²) in [6.45, 7) is 0. The lowest BCUT2D eigenvalue weighted by Crippen LogP contribution is -2.04. The lowest BCUT2D eigenvalue weighted by atomic mass is 10.1. The number of carbonyl (C=O) groups excluding carboxylic acids is 1. The van der Waals surface area contributed by atoms with Gasteiger partial charge in [-0.25, -0.2) is 4.68 Å². The molecule has 0 spiro atoms. The van der Waals surface area contributed by atoms with Crippen molar-refractivity contribution < 1.29 is 4.79 Å². The van der Waals surface area contributed by atoms with Crippen molar-refractivity contribution in [2.24, 2.45) is 7.05 Å². The second-order valence-corrected chi connectivity index (χ2v) is 5.49. The maximum atomic E-state index is 12.7. The molecule has 0 N–H and O–H groups in total. The van der Waals surface area contributed by atoms with Gasteiger partial charge in [0, 0.05) is 17.8 Å². The van der Waals surface area contributed by atoms with Gasteiger partial charge in [-0.2, -0.15) is 4.52 Å². The summed E-state index contributed by atoms with van der Waals surface area (Å²) >= 11 is 1.44. The van der Waals surface area contributed by atoms with Crippen molar-refractivity contribution in [2.45, 2.75) is 0 Å². The summed E-state index contributed by atoms with van der Waals surface area (Å²) in [6.07, 6.45) is 0. The SMILES string of the molecule is Cn1nnn2c(C(=O)c3cccs3)c3ccccc3c12. The predicted molar refractivity (Wildman–Crippen MR) is 77.2 cm³/mol. The molecule has 0 aliphatic heterocycles. The Morgan fingerprint density at radius 2 is 1.90 bits per heavy atom. The van der Waals surface area contributed by atoms with Gasteiger partial charge in [0.15, 0.2) is 5.65 Å². The first kappa shape index (κ1) is 11.4. The Morgan fingerprint density at radius 1 is 1.10 bits per heavy atom. The average molecular weight is 282 g/mol. The van der Waals surface area contributed by atoms with Gasteiger partial charge in [-0.05, 0) is 21.9 Å². The van der Waals surface area contributed by atoms with Crippen LogP contribution in [0.4, 0.5) is 0 Å². The summed E-state index contributed by atoms with van der Waals surface area (Å²) in [6, 6.07) is 11.5. The molecule has 4 rings (SSSR count). The van der Waals surface area contributed by atoms with E-state index in [4.69, 9.17) is 0 Å². The molecular weight excluding hydrogens is 272 g/mol. The third-order valence-corrected chi connectivity index (χ3v) is 4.23. The highest BCUT2D eigenvalue weighted by molar-refractivity contribution is 7.12. The molecule has 4 aromatic rings. The van der Waals surface area contributed by atoms with Gasteiger partial charge < -0.3 is 0 Å². The second-order valence-electron chi connectivity index (χ2n) is 4.54. The highest BCUT2D eigenvalue weighted by Gasteiger charge is 2.22. The van der Waals surface area contributed by atoms with E-state index in [1.807, 2.05) is 48.8 Å². The standard InChI is InChI=1S/C14H10N4OS/c1-17-14-10-6-3-2-5-9(10)12(18(14)16-15-17)13(19)11-7-4-8-20-11/h2-8H,1H3. The molecule has 0 unspecified atom stereocenters. The highest BCUT2D eigenvalue weighted by atomic mass is 32.1. The zero-order chi connectivity index (χ0) is 13.7. The van der Waals surface area contributed by atoms with Crippen molar-refractivity contribution in [2.75, 3.05) is 0 Å². The summed E-state index contributed by atoms with van der Waals surface area (Å²) < 4.78 is 3.32. The van der Waals surface area contributed by atoms with Crippen molar-refractivity contribution in [3.8, 4) is 0 Å². The highest BCUT2D eigenvalue weighted by Crippen LogP contribution is 2.28. The van der Waals surface area contributed by atoms with Crippen molar-refractivity contribution in [1.82, 2.24) is 19.6 Å². The van der Waals surface area contributed by atoms with E-state index in [9.17, 15) is 4.79 Å². The summed E-state index contributed by atoms with van der Waals surface area (Å²) in [5.41, 5.74) is 1.41. The van der Waals surface area contributed by atoms with Crippen LogP contribution in [0.15, 0.2) is 41.8 Å². The van der Waals surface area contributed by atoms with Crippen LogP contribution in [0.1, 0.15) is 15.4 Å². The van der Waals surface area contributed by atoms with E-state index in [1.165, 1.54) is 11.3 Å². The number of tetrazole rings is 1. The average Bonchev–Trinajstić information content (AvgIpc) is 3.15. The van der Waals surface area contributed by atoms with Crippen LogP contribution in [0.25, 0.3) is 16.4 Å². The fourth-order valence-electron chi connectivity index (χ4n) is 2.50. The van der Waals surface area contributed by atoms with E-state index in [0.29, 0.717) is 10.6 Å². The molecule has 0 bridgehead atoms. The maximum Gasteiger partial charge on any atom is 0.222 e. The number of thiophene rings is 1. The monoisotopic (exact) mass is 282 g/mol. The Kier molecular flexibility index (Phi) is 2.28. The van der Waals surface area contributed by atoms with E-state index >= 15 is 0 Å². The summed E-state index contributed by atoms with van der Waals surface area (Å²) in [5, 5.41) is 11.9. The number of aromatic nitrogens is 4. The molecule has 0 radical (unpaired) electrons. The van der Waals surface area contributed by atoms with Gasteiger partial charge >= 0.3 is 0 Å². The van der Waals surface area contributed by atoms with Crippen LogP contribution in [-0.2, 0) is 7.05 Å². The van der Waals surface area contributed by atoms with Gasteiger partial charge in [0.2, 0.25) is 5.78 Å². The lowest BCUT2D eigenvalue weighted by Gasteiger charge is -1.96. The first-order chi connectivity index (χ1) is 9.77. The number of nitrogens with zero attached hydrogens (tertiary/aromatic N) is 4. The number of fused-ring (bicyclic) bond motifs is 3. The van der Waals surface area contributed by atoms with Crippen molar-refractivity contribution >= 4 is 33.5 Å². The van der Waals surface area contributed by atoms with E-state index in [-0.39, 0.29) is 5.78 Å². The Labute approximate surface area is 118 Å². The smallest absolute Gasteiger partial charge is 0.222 e. The zero-order valence-corrected chi connectivity index (χ0v) is 11.5. The topological polar surface area (TPSA) is 52.2 Å². The number of benzene rings is 1. The Balaban J connectivity index is 2.13. The fraction of sp³-hybridized carbons (Fsp3) is 0.0714. The van der Waals surface area contributed by atoms with Crippen molar-refractivity contribution in [3.05, 3.63) is 52.3 Å². The van der Waals surface area contributed by atoms with Gasteiger partial charge in [0.25, 0.3) is 0 Å². The molecule has 98 valence electrons. The van der Waals surface area contributed by atoms with Gasteiger partial charge in [0.05, 0.1) is 4.88 Å². The third-order valence-electron chi connectivity index (χ3n) is 3.37. The number of rotatable bonds is 2. The van der Waals surface area contributed by atoms with Crippen LogP contribution in [-0.4, -0.2) is 25.4 Å². The molecule has 0 aliphatic carbocycles. The minimum Gasteiger partial charge on any atom is -0.286 e. The van der Waals surface area contributed by atoms with E-state index in [0.717, 1.165) is 16.4 Å². The number of hydrogen-bond donors (Lipinski definition) is 0. The first-order valence-electron chi connectivity index (χ1n) is 6.14. The van der Waals surface area contributed by atoms with Crippen LogP contribution < -0.4 is 0 Å². The molecule has 3 aromatic heterocycles. The molecule has 0 amide bonds. The number of aryl methyl sites for hydroxylation is 1. The number of ketones is 1. The lowest BCUT2D eigenvalue weighted by molar-refractivity contribution is 0.103. The van der Waals surface area contributed by atoms with Crippen molar-refractivity contribution in [1.29, 1.82) is 0 Å². The van der Waals surface area contributed by atoms with E-state index in [2.05, 4.69) is 10.4 Å². The molecule has 6 heteroatoms. The van der Waals surface area contributed by atoms with Gasteiger partial charge in [-0.3, -0.25) is 4.79 Å². The largest absolute Gasteiger partial charge is 0.286 e. The summed E-state index contributed by atoms with van der Waals surface area (Å²) in [7, 11) is 1.83. The molecule has 3 heterocycles. The summed E-state index contributed by atoms with van der Waals surface area (Å²) in [4.78, 5) is 13.4. The zero-order valence-electron chi connectivity index (χ0n) is 10.6. The molecule has 0 aliphatic rings. The first-order valence-corrected chi connectivity index (χ1v) is 7.02. The maximum absolute atomic E-state index is 12.7. The fourth-order valence-corrected chi connectivity index (χ4v) is 3.17. The molecule has 20 heavy (non-hydrogen) atoms. The van der Waals surface area contributed by atoms with E-state index in [1.54, 1.807) is 9.20 Å². The van der Waals surface area contributed by atoms with Gasteiger partial charge in [-0.15, -0.1) is 11.3 Å². The van der Waals surface area contributed by atoms with Gasteiger partial charge in [-0.1, -0.05) is 30.3 Å². The summed E-state index contributed by atoms with van der Waals surface area (Å²) in [5.74, 6) is -0.0169. The second kappa shape index (κ2) is 4.01. The Morgan fingerprint density at radius 3 is 2.65 bits per heavy atom. The van der Waals surface area contributed by atoms with Crippen LogP contribution in [0.5, 0.6) is 0 Å².